The molecule has 0 atom stereocenters. The second-order valence-electron chi connectivity index (χ2n) is 7.72. The predicted octanol–water partition coefficient (Wildman–Crippen LogP) is 6.54. The SMILES string of the molecule is COc1cc(C=C2C(=O)c3ccccc3C2=O)cc(Cl)c1OCc1cccc2ccccc12. The summed E-state index contributed by atoms with van der Waals surface area (Å²) < 4.78 is 11.6. The second-order valence-corrected chi connectivity index (χ2v) is 8.13. The number of halogens is 1. The lowest BCUT2D eigenvalue weighted by atomic mass is 10.1. The van der Waals surface area contributed by atoms with Crippen LogP contribution in [-0.2, 0) is 6.61 Å². The van der Waals surface area contributed by atoms with Gasteiger partial charge in [-0.05, 0) is 40.1 Å². The van der Waals surface area contributed by atoms with E-state index < -0.39 is 0 Å². The molecule has 0 saturated carbocycles. The first-order chi connectivity index (χ1) is 16.1. The molecule has 0 heterocycles. The topological polar surface area (TPSA) is 52.6 Å². The van der Waals surface area contributed by atoms with Crippen LogP contribution in [0.4, 0.5) is 0 Å². The molecule has 0 bridgehead atoms. The third kappa shape index (κ3) is 3.79. The first-order valence-electron chi connectivity index (χ1n) is 10.4. The summed E-state index contributed by atoms with van der Waals surface area (Å²) in [6, 6.07) is 24.3. The molecule has 4 aromatic rings. The molecule has 5 heteroatoms. The van der Waals surface area contributed by atoms with Crippen molar-refractivity contribution in [3.05, 3.63) is 112 Å². The lowest BCUT2D eigenvalue weighted by Crippen LogP contribution is -2.01. The van der Waals surface area contributed by atoms with Gasteiger partial charge < -0.3 is 9.47 Å². The maximum absolute atomic E-state index is 12.7. The molecule has 0 saturated heterocycles. The first kappa shape index (κ1) is 21.0. The van der Waals surface area contributed by atoms with Gasteiger partial charge in [0.05, 0.1) is 17.7 Å². The average molecular weight is 455 g/mol. The van der Waals surface area contributed by atoms with Crippen molar-refractivity contribution < 1.29 is 19.1 Å². The van der Waals surface area contributed by atoms with E-state index >= 15 is 0 Å². The molecule has 5 rings (SSSR count). The number of carbonyl (C=O) groups is 2. The summed E-state index contributed by atoms with van der Waals surface area (Å²) in [5, 5.41) is 2.57. The maximum atomic E-state index is 12.7. The fraction of sp³-hybridized carbons (Fsp3) is 0.0714. The highest BCUT2D eigenvalue weighted by molar-refractivity contribution is 6.41. The summed E-state index contributed by atoms with van der Waals surface area (Å²) in [5.74, 6) is 0.246. The van der Waals surface area contributed by atoms with Gasteiger partial charge in [-0.1, -0.05) is 78.3 Å². The molecule has 4 nitrogen and oxygen atoms in total. The molecule has 1 aliphatic carbocycles. The molecule has 1 aliphatic rings. The minimum absolute atomic E-state index is 0.110. The number of benzene rings is 4. The van der Waals surface area contributed by atoms with Gasteiger partial charge in [0.2, 0.25) is 0 Å². The van der Waals surface area contributed by atoms with Crippen LogP contribution < -0.4 is 9.47 Å². The van der Waals surface area contributed by atoms with E-state index in [0.29, 0.717) is 39.8 Å². The Bertz CT molecular complexity index is 1410. The molecular weight excluding hydrogens is 436 g/mol. The van der Waals surface area contributed by atoms with Crippen LogP contribution in [0, 0.1) is 0 Å². The maximum Gasteiger partial charge on any atom is 0.197 e. The fourth-order valence-electron chi connectivity index (χ4n) is 4.10. The summed E-state index contributed by atoms with van der Waals surface area (Å²) >= 11 is 6.54. The molecule has 0 radical (unpaired) electrons. The second kappa shape index (κ2) is 8.57. The van der Waals surface area contributed by atoms with Crippen LogP contribution in [0.5, 0.6) is 11.5 Å². The van der Waals surface area contributed by atoms with Crippen molar-refractivity contribution in [2.75, 3.05) is 7.11 Å². The zero-order chi connectivity index (χ0) is 22.9. The molecule has 0 aromatic heterocycles. The Morgan fingerprint density at radius 2 is 1.52 bits per heavy atom. The van der Waals surface area contributed by atoms with Gasteiger partial charge in [-0.15, -0.1) is 0 Å². The van der Waals surface area contributed by atoms with Crippen molar-refractivity contribution in [3.8, 4) is 11.5 Å². The Morgan fingerprint density at radius 3 is 2.24 bits per heavy atom. The zero-order valence-corrected chi connectivity index (χ0v) is 18.6. The predicted molar refractivity (Wildman–Crippen MR) is 129 cm³/mol. The van der Waals surface area contributed by atoms with Crippen molar-refractivity contribution in [1.29, 1.82) is 0 Å². The Morgan fingerprint density at radius 1 is 0.848 bits per heavy atom. The summed E-state index contributed by atoms with van der Waals surface area (Å²) in [6.07, 6.45) is 1.55. The van der Waals surface area contributed by atoms with E-state index in [9.17, 15) is 9.59 Å². The van der Waals surface area contributed by atoms with Crippen molar-refractivity contribution in [2.45, 2.75) is 6.61 Å². The monoisotopic (exact) mass is 454 g/mol. The first-order valence-corrected chi connectivity index (χ1v) is 10.8. The van der Waals surface area contributed by atoms with Gasteiger partial charge in [0, 0.05) is 11.1 Å². The third-order valence-electron chi connectivity index (χ3n) is 5.72. The van der Waals surface area contributed by atoms with Crippen LogP contribution >= 0.6 is 11.6 Å². The standard InChI is InChI=1S/C28H19ClO4/c1-32-25-15-17(13-23-26(30)21-11-4-5-12-22(21)27(23)31)14-24(29)28(25)33-16-19-9-6-8-18-7-2-3-10-20(18)19/h2-15H,16H2,1H3. The molecular formula is C28H19ClO4. The molecule has 0 N–H and O–H groups in total. The number of methoxy groups -OCH3 is 1. The van der Waals surface area contributed by atoms with Gasteiger partial charge in [0.1, 0.15) is 6.61 Å². The van der Waals surface area contributed by atoms with Crippen LogP contribution in [-0.4, -0.2) is 18.7 Å². The molecule has 0 fully saturated rings. The quantitative estimate of drug-likeness (QED) is 0.253. The van der Waals surface area contributed by atoms with Crippen LogP contribution in [0.2, 0.25) is 5.02 Å². The van der Waals surface area contributed by atoms with Gasteiger partial charge >= 0.3 is 0 Å². The van der Waals surface area contributed by atoms with Gasteiger partial charge in [-0.25, -0.2) is 0 Å². The average Bonchev–Trinajstić information content (AvgIpc) is 3.08. The summed E-state index contributed by atoms with van der Waals surface area (Å²) in [7, 11) is 1.52. The number of Topliss-reactive ketones (excluding diaryl/α,β-unsaturated/α-hetero) is 2. The van der Waals surface area contributed by atoms with Crippen molar-refractivity contribution in [1.82, 2.24) is 0 Å². The summed E-state index contributed by atoms with van der Waals surface area (Å²) in [6.45, 7) is 0.310. The minimum atomic E-state index is -0.290. The number of carbonyl (C=O) groups excluding carboxylic acids is 2. The lowest BCUT2D eigenvalue weighted by Gasteiger charge is -2.14. The van der Waals surface area contributed by atoms with E-state index in [0.717, 1.165) is 16.3 Å². The molecule has 0 unspecified atom stereocenters. The van der Waals surface area contributed by atoms with Gasteiger partial charge in [-0.2, -0.15) is 0 Å². The summed E-state index contributed by atoms with van der Waals surface area (Å²) in [4.78, 5) is 25.4. The number of rotatable bonds is 5. The van der Waals surface area contributed by atoms with Gasteiger partial charge in [0.15, 0.2) is 23.1 Å². The zero-order valence-electron chi connectivity index (χ0n) is 17.8. The van der Waals surface area contributed by atoms with Crippen molar-refractivity contribution >= 4 is 40.0 Å². The molecule has 0 amide bonds. The summed E-state index contributed by atoms with van der Waals surface area (Å²) in [5.41, 5.74) is 2.55. The normalized spacial score (nSPS) is 12.7. The highest BCUT2D eigenvalue weighted by atomic mass is 35.5. The number of hydrogen-bond donors (Lipinski definition) is 0. The molecule has 0 spiro atoms. The number of fused-ring (bicyclic) bond motifs is 2. The highest BCUT2D eigenvalue weighted by Gasteiger charge is 2.32. The highest BCUT2D eigenvalue weighted by Crippen LogP contribution is 2.38. The Kier molecular flexibility index (Phi) is 5.45. The number of allylic oxidation sites excluding steroid dienone is 1. The van der Waals surface area contributed by atoms with E-state index in [2.05, 4.69) is 18.2 Å². The molecule has 162 valence electrons. The van der Waals surface area contributed by atoms with Gasteiger partial charge in [-0.3, -0.25) is 9.59 Å². The van der Waals surface area contributed by atoms with Crippen molar-refractivity contribution in [3.63, 3.8) is 0 Å². The van der Waals surface area contributed by atoms with Crippen LogP contribution in [0.25, 0.3) is 16.8 Å². The largest absolute Gasteiger partial charge is 0.493 e. The minimum Gasteiger partial charge on any atom is -0.493 e. The van der Waals surface area contributed by atoms with E-state index in [1.807, 2.05) is 24.3 Å². The van der Waals surface area contributed by atoms with Crippen LogP contribution in [0.15, 0.2) is 84.4 Å². The molecule has 4 aromatic carbocycles. The van der Waals surface area contributed by atoms with E-state index in [1.165, 1.54) is 7.11 Å². The molecule has 0 aliphatic heterocycles. The smallest absolute Gasteiger partial charge is 0.197 e. The van der Waals surface area contributed by atoms with Crippen LogP contribution in [0.1, 0.15) is 31.8 Å². The fourth-order valence-corrected chi connectivity index (χ4v) is 4.38. The molecule has 33 heavy (non-hydrogen) atoms. The van der Waals surface area contributed by atoms with E-state index in [-0.39, 0.29) is 17.1 Å². The Hall–Kier alpha value is -3.89. The van der Waals surface area contributed by atoms with E-state index in [1.54, 1.807) is 42.5 Å². The Labute approximate surface area is 196 Å². The van der Waals surface area contributed by atoms with Crippen LogP contribution in [0.3, 0.4) is 0 Å². The number of ether oxygens (including phenoxy) is 2. The lowest BCUT2D eigenvalue weighted by molar-refractivity contribution is 0.0990. The Balaban J connectivity index is 1.45. The third-order valence-corrected chi connectivity index (χ3v) is 6.00. The number of ketones is 2. The number of hydrogen-bond acceptors (Lipinski definition) is 4. The van der Waals surface area contributed by atoms with Crippen molar-refractivity contribution in [2.24, 2.45) is 0 Å². The van der Waals surface area contributed by atoms with E-state index in [4.69, 9.17) is 21.1 Å². The van der Waals surface area contributed by atoms with Gasteiger partial charge in [0.25, 0.3) is 0 Å².